The number of nitrogens with zero attached hydrogens (tertiary/aromatic N) is 2. The SMILES string of the molecule is c1ccc(-c2ccc(N(c3ccc(-c4ccc5c(c4)c4cc(C6(c7ccccc7)c7ccccc7-c7ccccc76)ccc4n5-c4cccc5ccccc45)cc3)c3ccc4c(c3)-c3ccccc3C4(c3ccccc3)c3ccccc3)cc2)cc1. The zero-order valence-electron chi connectivity index (χ0n) is 47.2. The molecular formula is C84H56N2. The van der Waals surface area contributed by atoms with E-state index in [-0.39, 0.29) is 0 Å². The van der Waals surface area contributed by atoms with Gasteiger partial charge in [-0.2, -0.15) is 0 Å². The lowest BCUT2D eigenvalue weighted by Gasteiger charge is -2.34. The molecule has 2 aliphatic carbocycles. The van der Waals surface area contributed by atoms with Crippen molar-refractivity contribution >= 4 is 49.6 Å². The molecule has 86 heavy (non-hydrogen) atoms. The van der Waals surface area contributed by atoms with E-state index in [0.717, 1.165) is 28.2 Å². The average Bonchev–Trinajstić information content (AvgIpc) is 1.64. The van der Waals surface area contributed by atoms with Crippen LogP contribution in [0.1, 0.15) is 44.5 Å². The second-order valence-electron chi connectivity index (χ2n) is 23.1. The van der Waals surface area contributed by atoms with Crippen LogP contribution in [0.15, 0.2) is 340 Å². The van der Waals surface area contributed by atoms with Crippen LogP contribution in [0.2, 0.25) is 0 Å². The molecule has 14 aromatic carbocycles. The normalized spacial score (nSPS) is 13.3. The van der Waals surface area contributed by atoms with Gasteiger partial charge in [0.1, 0.15) is 0 Å². The van der Waals surface area contributed by atoms with E-state index in [4.69, 9.17) is 0 Å². The van der Waals surface area contributed by atoms with Gasteiger partial charge in [-0.3, -0.25) is 0 Å². The first-order valence-electron chi connectivity index (χ1n) is 29.9. The fourth-order valence-corrected chi connectivity index (χ4v) is 15.1. The van der Waals surface area contributed by atoms with Crippen LogP contribution < -0.4 is 4.90 Å². The van der Waals surface area contributed by atoms with E-state index in [1.54, 1.807) is 0 Å². The molecule has 17 rings (SSSR count). The fourth-order valence-electron chi connectivity index (χ4n) is 15.1. The van der Waals surface area contributed by atoms with Crippen molar-refractivity contribution in [2.75, 3.05) is 4.90 Å². The molecule has 1 aromatic heterocycles. The molecule has 2 heteroatoms. The Balaban J connectivity index is 0.838. The van der Waals surface area contributed by atoms with Crippen molar-refractivity contribution in [2.45, 2.75) is 10.8 Å². The number of benzene rings is 14. The first kappa shape index (κ1) is 49.5. The number of hydrogen-bond donors (Lipinski definition) is 0. The van der Waals surface area contributed by atoms with Crippen LogP contribution in [0.5, 0.6) is 0 Å². The molecule has 0 saturated heterocycles. The van der Waals surface area contributed by atoms with Crippen molar-refractivity contribution in [2.24, 2.45) is 0 Å². The van der Waals surface area contributed by atoms with Crippen LogP contribution in [0.4, 0.5) is 17.1 Å². The number of hydrogen-bond acceptors (Lipinski definition) is 1. The molecule has 15 aromatic rings. The summed E-state index contributed by atoms with van der Waals surface area (Å²) in [6, 6.07) is 126. The lowest BCUT2D eigenvalue weighted by atomic mass is 9.67. The highest BCUT2D eigenvalue weighted by atomic mass is 15.1. The van der Waals surface area contributed by atoms with Crippen LogP contribution in [0.3, 0.4) is 0 Å². The molecule has 2 nitrogen and oxygen atoms in total. The molecule has 0 aliphatic heterocycles. The topological polar surface area (TPSA) is 8.17 Å². The Labute approximate surface area is 501 Å². The summed E-state index contributed by atoms with van der Waals surface area (Å²) in [6.07, 6.45) is 0. The molecule has 0 atom stereocenters. The summed E-state index contributed by atoms with van der Waals surface area (Å²) in [5, 5.41) is 4.86. The van der Waals surface area contributed by atoms with Gasteiger partial charge in [0, 0.05) is 33.2 Å². The maximum atomic E-state index is 2.51. The van der Waals surface area contributed by atoms with Crippen LogP contribution in [0.25, 0.3) is 82.8 Å². The zero-order valence-corrected chi connectivity index (χ0v) is 47.2. The largest absolute Gasteiger partial charge is 0.310 e. The standard InChI is InChI=1S/C84H56N2/c1-5-22-57(23-6-1)58-40-46-66(47-41-58)85(68-50-51-79-73(56-68)72-35-17-20-38-78(72)83(79,62-26-7-2-8-27-62)63-28-9-3-10-29-63)67-48-42-59(43-49-67)61-44-52-81-74(54-61)75-55-65(45-53-82(75)86(81)80-39-21-25-60-24-13-14-32-69(60)80)84(64-30-11-4-12-31-64)76-36-18-15-33-70(76)71-34-16-19-37-77(71)84/h1-56H. The van der Waals surface area contributed by atoms with E-state index in [0.29, 0.717) is 0 Å². The van der Waals surface area contributed by atoms with Gasteiger partial charge in [-0.15, -0.1) is 0 Å². The first-order valence-corrected chi connectivity index (χ1v) is 29.9. The number of fused-ring (bicyclic) bond motifs is 10. The van der Waals surface area contributed by atoms with E-state index < -0.39 is 10.8 Å². The van der Waals surface area contributed by atoms with E-state index in [2.05, 4.69) is 349 Å². The van der Waals surface area contributed by atoms with E-state index in [1.807, 2.05) is 0 Å². The first-order chi connectivity index (χ1) is 42.7. The van der Waals surface area contributed by atoms with Crippen molar-refractivity contribution in [3.8, 4) is 50.2 Å². The molecule has 0 spiro atoms. The van der Waals surface area contributed by atoms with Crippen LogP contribution in [0, 0.1) is 0 Å². The second-order valence-corrected chi connectivity index (χ2v) is 23.1. The maximum absolute atomic E-state index is 2.51. The van der Waals surface area contributed by atoms with Crippen LogP contribution in [-0.2, 0) is 10.8 Å². The molecule has 2 aliphatic rings. The zero-order chi connectivity index (χ0) is 56.8. The minimum atomic E-state index is -0.535. The summed E-state index contributed by atoms with van der Waals surface area (Å²) in [5.41, 5.74) is 25.7. The smallest absolute Gasteiger partial charge is 0.0713 e. The predicted octanol–water partition coefficient (Wildman–Crippen LogP) is 21.5. The summed E-state index contributed by atoms with van der Waals surface area (Å²) >= 11 is 0. The van der Waals surface area contributed by atoms with Gasteiger partial charge in [0.05, 0.1) is 27.6 Å². The Hall–Kier alpha value is -11.1. The molecule has 0 radical (unpaired) electrons. The van der Waals surface area contributed by atoms with E-state index >= 15 is 0 Å². The summed E-state index contributed by atoms with van der Waals surface area (Å²) in [5.74, 6) is 0. The van der Waals surface area contributed by atoms with Gasteiger partial charge in [-0.05, 0) is 161 Å². The van der Waals surface area contributed by atoms with Crippen molar-refractivity contribution in [3.63, 3.8) is 0 Å². The van der Waals surface area contributed by atoms with Gasteiger partial charge in [-0.25, -0.2) is 0 Å². The molecule has 0 bridgehead atoms. The number of rotatable bonds is 10. The maximum Gasteiger partial charge on any atom is 0.0713 e. The Bertz CT molecular complexity index is 4990. The van der Waals surface area contributed by atoms with Gasteiger partial charge in [0.15, 0.2) is 0 Å². The molecule has 0 unspecified atom stereocenters. The molecule has 0 N–H and O–H groups in total. The molecule has 402 valence electrons. The lowest BCUT2D eigenvalue weighted by molar-refractivity contribution is 0.768. The monoisotopic (exact) mass is 1090 g/mol. The predicted molar refractivity (Wildman–Crippen MR) is 358 cm³/mol. The summed E-state index contributed by atoms with van der Waals surface area (Å²) < 4.78 is 2.50. The van der Waals surface area contributed by atoms with Gasteiger partial charge in [0.2, 0.25) is 0 Å². The molecular weight excluding hydrogens is 1040 g/mol. The molecule has 0 saturated carbocycles. The number of anilines is 3. The van der Waals surface area contributed by atoms with E-state index in [9.17, 15) is 0 Å². The number of aromatic nitrogens is 1. The Morgan fingerprint density at radius 1 is 0.233 bits per heavy atom. The Morgan fingerprint density at radius 3 is 1.22 bits per heavy atom. The summed E-state index contributed by atoms with van der Waals surface area (Å²) in [4.78, 5) is 2.43. The highest BCUT2D eigenvalue weighted by Gasteiger charge is 2.47. The minimum absolute atomic E-state index is 0.489. The van der Waals surface area contributed by atoms with Crippen molar-refractivity contribution < 1.29 is 0 Å². The minimum Gasteiger partial charge on any atom is -0.310 e. The van der Waals surface area contributed by atoms with Gasteiger partial charge in [0.25, 0.3) is 0 Å². The summed E-state index contributed by atoms with van der Waals surface area (Å²) in [6.45, 7) is 0. The van der Waals surface area contributed by atoms with Crippen molar-refractivity contribution in [3.05, 3.63) is 384 Å². The Morgan fingerprint density at radius 2 is 0.640 bits per heavy atom. The van der Waals surface area contributed by atoms with Gasteiger partial charge in [-0.1, -0.05) is 273 Å². The van der Waals surface area contributed by atoms with Crippen molar-refractivity contribution in [1.29, 1.82) is 0 Å². The van der Waals surface area contributed by atoms with E-state index in [1.165, 1.54) is 116 Å². The highest BCUT2D eigenvalue weighted by molar-refractivity contribution is 6.12. The lowest BCUT2D eigenvalue weighted by Crippen LogP contribution is -2.28. The average molecular weight is 1090 g/mol. The second kappa shape index (κ2) is 19.8. The molecule has 1 heterocycles. The van der Waals surface area contributed by atoms with Gasteiger partial charge >= 0.3 is 0 Å². The third kappa shape index (κ3) is 7.39. The molecule has 0 fully saturated rings. The quantitative estimate of drug-likeness (QED) is 0.132. The van der Waals surface area contributed by atoms with Crippen molar-refractivity contribution in [1.82, 2.24) is 4.57 Å². The fraction of sp³-hybridized carbons (Fsp3) is 0.0238. The van der Waals surface area contributed by atoms with Crippen LogP contribution >= 0.6 is 0 Å². The third-order valence-electron chi connectivity index (χ3n) is 18.8. The Kier molecular flexibility index (Phi) is 11.4. The van der Waals surface area contributed by atoms with Gasteiger partial charge < -0.3 is 9.47 Å². The highest BCUT2D eigenvalue weighted by Crippen LogP contribution is 2.59. The van der Waals surface area contributed by atoms with Crippen LogP contribution in [-0.4, -0.2) is 4.57 Å². The summed E-state index contributed by atoms with van der Waals surface area (Å²) in [7, 11) is 0. The third-order valence-corrected chi connectivity index (χ3v) is 18.8. The molecule has 0 amide bonds.